The van der Waals surface area contributed by atoms with E-state index in [2.05, 4.69) is 10.3 Å². The van der Waals surface area contributed by atoms with Crippen LogP contribution in [0.25, 0.3) is 0 Å². The van der Waals surface area contributed by atoms with Gasteiger partial charge in [-0.05, 0) is 54.8 Å². The van der Waals surface area contributed by atoms with E-state index in [1.165, 1.54) is 0 Å². The Morgan fingerprint density at radius 3 is 2.44 bits per heavy atom. The van der Waals surface area contributed by atoms with Gasteiger partial charge in [0, 0.05) is 30.0 Å². The lowest BCUT2D eigenvalue weighted by molar-refractivity contribution is 0.0941. The molecule has 3 rings (SSSR count). The third kappa shape index (κ3) is 3.74. The first-order chi connectivity index (χ1) is 12.0. The predicted molar refractivity (Wildman–Crippen MR) is 99.9 cm³/mol. The van der Waals surface area contributed by atoms with E-state index < -0.39 is 0 Å². The van der Waals surface area contributed by atoms with Crippen LogP contribution in [-0.2, 0) is 7.05 Å². The second kappa shape index (κ2) is 7.11. The van der Waals surface area contributed by atoms with Crippen LogP contribution >= 0.6 is 11.6 Å². The zero-order valence-electron chi connectivity index (χ0n) is 14.5. The number of aromatic nitrogens is 2. The van der Waals surface area contributed by atoms with Crippen LogP contribution in [0.1, 0.15) is 38.9 Å². The summed E-state index contributed by atoms with van der Waals surface area (Å²) in [4.78, 5) is 17.2. The molecule has 128 valence electrons. The van der Waals surface area contributed by atoms with Crippen molar-refractivity contribution in [1.29, 1.82) is 0 Å². The summed E-state index contributed by atoms with van der Waals surface area (Å²) in [7, 11) is 1.91. The van der Waals surface area contributed by atoms with Crippen molar-refractivity contribution in [3.8, 4) is 0 Å². The van der Waals surface area contributed by atoms with E-state index in [0.29, 0.717) is 10.6 Å². The molecule has 0 saturated heterocycles. The van der Waals surface area contributed by atoms with Crippen molar-refractivity contribution in [1.82, 2.24) is 14.9 Å². The molecule has 0 radical (unpaired) electrons. The number of benzene rings is 2. The molecule has 0 fully saturated rings. The summed E-state index contributed by atoms with van der Waals surface area (Å²) >= 11 is 6.00. The molecule has 1 N–H and O–H groups in total. The Kier molecular flexibility index (Phi) is 4.91. The molecule has 0 saturated carbocycles. The van der Waals surface area contributed by atoms with Gasteiger partial charge in [0.15, 0.2) is 0 Å². The molecule has 2 aromatic carbocycles. The summed E-state index contributed by atoms with van der Waals surface area (Å²) in [5, 5.41) is 3.75. The van der Waals surface area contributed by atoms with Crippen molar-refractivity contribution in [2.24, 2.45) is 7.05 Å². The summed E-state index contributed by atoms with van der Waals surface area (Å²) in [6, 6.07) is 12.8. The van der Waals surface area contributed by atoms with Gasteiger partial charge in [-0.25, -0.2) is 4.98 Å². The molecule has 1 amide bonds. The Morgan fingerprint density at radius 1 is 1.12 bits per heavy atom. The molecule has 0 bridgehead atoms. The molecule has 1 unspecified atom stereocenters. The SMILES string of the molecule is Cc1ccc(C(=O)NC(c2ccc(Cl)cc2)c2nccn2C)cc1C. The summed E-state index contributed by atoms with van der Waals surface area (Å²) in [6.07, 6.45) is 3.58. The third-order valence-electron chi connectivity index (χ3n) is 4.36. The second-order valence-corrected chi connectivity index (χ2v) is 6.59. The number of hydrogen-bond acceptors (Lipinski definition) is 2. The van der Waals surface area contributed by atoms with Crippen LogP contribution in [0.3, 0.4) is 0 Å². The number of carbonyl (C=O) groups is 1. The number of aryl methyl sites for hydroxylation is 3. The Balaban J connectivity index is 1.94. The average molecular weight is 354 g/mol. The molecule has 1 atom stereocenters. The van der Waals surface area contributed by atoms with Gasteiger partial charge < -0.3 is 9.88 Å². The van der Waals surface area contributed by atoms with E-state index in [4.69, 9.17) is 11.6 Å². The smallest absolute Gasteiger partial charge is 0.252 e. The Labute approximate surface area is 152 Å². The normalized spacial score (nSPS) is 12.0. The second-order valence-electron chi connectivity index (χ2n) is 6.15. The van der Waals surface area contributed by atoms with Crippen molar-refractivity contribution in [3.63, 3.8) is 0 Å². The third-order valence-corrected chi connectivity index (χ3v) is 4.62. The number of halogens is 1. The Morgan fingerprint density at radius 2 is 1.84 bits per heavy atom. The van der Waals surface area contributed by atoms with Crippen molar-refractivity contribution in [2.45, 2.75) is 19.9 Å². The van der Waals surface area contributed by atoms with Crippen LogP contribution in [0.4, 0.5) is 0 Å². The first kappa shape index (κ1) is 17.2. The maximum Gasteiger partial charge on any atom is 0.252 e. The molecule has 0 aliphatic carbocycles. The predicted octanol–water partition coefficient (Wildman–Crippen LogP) is 4.21. The van der Waals surface area contributed by atoms with E-state index in [1.54, 1.807) is 6.20 Å². The monoisotopic (exact) mass is 353 g/mol. The van der Waals surface area contributed by atoms with Crippen molar-refractivity contribution < 1.29 is 4.79 Å². The summed E-state index contributed by atoms with van der Waals surface area (Å²) in [6.45, 7) is 4.03. The fourth-order valence-corrected chi connectivity index (χ4v) is 2.83. The van der Waals surface area contributed by atoms with Crippen molar-refractivity contribution in [2.75, 3.05) is 0 Å². The van der Waals surface area contributed by atoms with Gasteiger partial charge in [-0.3, -0.25) is 4.79 Å². The first-order valence-corrected chi connectivity index (χ1v) is 8.44. The standard InChI is InChI=1S/C20H20ClN3O/c1-13-4-5-16(12-14(13)2)20(25)23-18(19-22-10-11-24(19)3)15-6-8-17(21)9-7-15/h4-12,18H,1-3H3,(H,23,25). The highest BCUT2D eigenvalue weighted by Gasteiger charge is 2.21. The van der Waals surface area contributed by atoms with Gasteiger partial charge in [0.05, 0.1) is 0 Å². The number of imidazole rings is 1. The first-order valence-electron chi connectivity index (χ1n) is 8.06. The molecule has 1 aromatic heterocycles. The molecule has 5 heteroatoms. The molecular weight excluding hydrogens is 334 g/mol. The lowest BCUT2D eigenvalue weighted by atomic mass is 10.0. The van der Waals surface area contributed by atoms with E-state index in [-0.39, 0.29) is 11.9 Å². The van der Waals surface area contributed by atoms with Gasteiger partial charge in [0.2, 0.25) is 0 Å². The van der Waals surface area contributed by atoms with Gasteiger partial charge >= 0.3 is 0 Å². The fourth-order valence-electron chi connectivity index (χ4n) is 2.70. The van der Waals surface area contributed by atoms with Gasteiger partial charge in [-0.1, -0.05) is 29.8 Å². The Bertz CT molecular complexity index is 900. The zero-order valence-corrected chi connectivity index (χ0v) is 15.2. The molecule has 25 heavy (non-hydrogen) atoms. The van der Waals surface area contributed by atoms with Crippen LogP contribution < -0.4 is 5.32 Å². The highest BCUT2D eigenvalue weighted by atomic mass is 35.5. The summed E-state index contributed by atoms with van der Waals surface area (Å²) in [5.74, 6) is 0.630. The maximum absolute atomic E-state index is 12.8. The number of nitrogens with one attached hydrogen (secondary N) is 1. The van der Waals surface area contributed by atoms with E-state index >= 15 is 0 Å². The topological polar surface area (TPSA) is 46.9 Å². The minimum Gasteiger partial charge on any atom is -0.338 e. The van der Waals surface area contributed by atoms with Crippen molar-refractivity contribution >= 4 is 17.5 Å². The van der Waals surface area contributed by atoms with Gasteiger partial charge in [-0.2, -0.15) is 0 Å². The minimum atomic E-state index is -0.355. The van der Waals surface area contributed by atoms with E-state index in [0.717, 1.165) is 22.5 Å². The molecule has 4 nitrogen and oxygen atoms in total. The largest absolute Gasteiger partial charge is 0.338 e. The average Bonchev–Trinajstić information content (AvgIpc) is 3.01. The number of amides is 1. The van der Waals surface area contributed by atoms with Crippen molar-refractivity contribution in [3.05, 3.63) is 88.0 Å². The van der Waals surface area contributed by atoms with Gasteiger partial charge in [-0.15, -0.1) is 0 Å². The zero-order chi connectivity index (χ0) is 18.0. The lowest BCUT2D eigenvalue weighted by Crippen LogP contribution is -2.31. The molecule has 0 spiro atoms. The molecular formula is C20H20ClN3O. The number of rotatable bonds is 4. The van der Waals surface area contributed by atoms with Crippen LogP contribution in [0.15, 0.2) is 54.9 Å². The number of hydrogen-bond donors (Lipinski definition) is 1. The fraction of sp³-hybridized carbons (Fsp3) is 0.200. The maximum atomic E-state index is 12.8. The van der Waals surface area contributed by atoms with Gasteiger partial charge in [0.25, 0.3) is 5.91 Å². The van der Waals surface area contributed by atoms with Gasteiger partial charge in [0.1, 0.15) is 11.9 Å². The molecule has 3 aromatic rings. The van der Waals surface area contributed by atoms with Crippen LogP contribution in [-0.4, -0.2) is 15.5 Å². The number of carbonyl (C=O) groups excluding carboxylic acids is 1. The van der Waals surface area contributed by atoms with Crippen LogP contribution in [0.5, 0.6) is 0 Å². The molecule has 0 aliphatic rings. The highest BCUT2D eigenvalue weighted by Crippen LogP contribution is 2.23. The van der Waals surface area contributed by atoms with E-state index in [9.17, 15) is 4.79 Å². The lowest BCUT2D eigenvalue weighted by Gasteiger charge is -2.19. The summed E-state index contributed by atoms with van der Waals surface area (Å²) < 4.78 is 1.90. The Hall–Kier alpha value is -2.59. The molecule has 0 aliphatic heterocycles. The highest BCUT2D eigenvalue weighted by molar-refractivity contribution is 6.30. The van der Waals surface area contributed by atoms with Crippen LogP contribution in [0, 0.1) is 13.8 Å². The van der Waals surface area contributed by atoms with Crippen LogP contribution in [0.2, 0.25) is 5.02 Å². The van der Waals surface area contributed by atoms with E-state index in [1.807, 2.05) is 74.1 Å². The number of nitrogens with zero attached hydrogens (tertiary/aromatic N) is 2. The minimum absolute atomic E-state index is 0.133. The quantitative estimate of drug-likeness (QED) is 0.763. The summed E-state index contributed by atoms with van der Waals surface area (Å²) in [5.41, 5.74) is 3.81. The molecule has 1 heterocycles.